The second-order valence-corrected chi connectivity index (χ2v) is 5.77. The number of nitrogens with one attached hydrogen (secondary N) is 3. The molecule has 0 aliphatic heterocycles. The van der Waals surface area contributed by atoms with Gasteiger partial charge >= 0.3 is 0 Å². The Labute approximate surface area is 141 Å². The van der Waals surface area contributed by atoms with Gasteiger partial charge in [0.05, 0.1) is 5.52 Å². The van der Waals surface area contributed by atoms with E-state index in [1.54, 1.807) is 12.1 Å². The van der Waals surface area contributed by atoms with E-state index in [1.807, 2.05) is 24.3 Å². The lowest BCUT2D eigenvalue weighted by atomic mass is 10.1. The molecule has 2 heterocycles. The summed E-state index contributed by atoms with van der Waals surface area (Å²) in [5.41, 5.74) is 1.95. The van der Waals surface area contributed by atoms with Crippen LogP contribution in [-0.2, 0) is 13.1 Å². The molecule has 7 heteroatoms. The second kappa shape index (κ2) is 6.29. The summed E-state index contributed by atoms with van der Waals surface area (Å²) in [7, 11) is 0. The summed E-state index contributed by atoms with van der Waals surface area (Å²) in [6.07, 6.45) is 0. The van der Waals surface area contributed by atoms with Crippen molar-refractivity contribution in [3.8, 4) is 0 Å². The van der Waals surface area contributed by atoms with E-state index in [9.17, 15) is 9.59 Å². The van der Waals surface area contributed by atoms with Gasteiger partial charge in [-0.3, -0.25) is 9.59 Å². The molecule has 0 bridgehead atoms. The number of fused-ring (bicyclic) bond motifs is 2. The third-order valence-corrected chi connectivity index (χ3v) is 4.06. The molecule has 0 aliphatic carbocycles. The highest BCUT2D eigenvalue weighted by atomic mass is 16.1. The van der Waals surface area contributed by atoms with Gasteiger partial charge in [-0.1, -0.05) is 36.4 Å². The lowest BCUT2D eigenvalue weighted by Gasteiger charge is -2.05. The first kappa shape index (κ1) is 15.2. The fourth-order valence-electron chi connectivity index (χ4n) is 2.81. The maximum atomic E-state index is 12.5. The fourth-order valence-corrected chi connectivity index (χ4v) is 2.81. The molecule has 0 fully saturated rings. The van der Waals surface area contributed by atoms with E-state index in [1.165, 1.54) is 5.56 Å². The number of hydrogen-bond acceptors (Lipinski definition) is 5. The van der Waals surface area contributed by atoms with E-state index >= 15 is 0 Å². The van der Waals surface area contributed by atoms with Crippen LogP contribution in [0.3, 0.4) is 0 Å². The molecule has 25 heavy (non-hydrogen) atoms. The Morgan fingerprint density at radius 2 is 1.64 bits per heavy atom. The third kappa shape index (κ3) is 2.92. The Bertz CT molecular complexity index is 1160. The number of H-pyrrole nitrogens is 2. The number of rotatable bonds is 4. The van der Waals surface area contributed by atoms with Gasteiger partial charge in [0.1, 0.15) is 0 Å². The lowest BCUT2D eigenvalue weighted by molar-refractivity contribution is 0.694. The maximum Gasteiger partial charge on any atom is 0.278 e. The number of aromatic amines is 2. The summed E-state index contributed by atoms with van der Waals surface area (Å²) in [4.78, 5) is 27.4. The Kier molecular flexibility index (Phi) is 3.83. The Balaban J connectivity index is 1.67. The van der Waals surface area contributed by atoms with Gasteiger partial charge in [-0.15, -0.1) is 0 Å². The molecular formula is C18H15N5O2. The maximum absolute atomic E-state index is 12.5. The Morgan fingerprint density at radius 3 is 2.48 bits per heavy atom. The number of aromatic nitrogens is 4. The minimum Gasteiger partial charge on any atom is -0.320 e. The second-order valence-electron chi connectivity index (χ2n) is 5.77. The van der Waals surface area contributed by atoms with Crippen LogP contribution in [0, 0.1) is 0 Å². The number of benzene rings is 2. The van der Waals surface area contributed by atoms with Gasteiger partial charge < -0.3 is 10.3 Å². The quantitative estimate of drug-likeness (QED) is 0.524. The Morgan fingerprint density at radius 1 is 0.880 bits per heavy atom. The predicted octanol–water partition coefficient (Wildman–Crippen LogP) is 1.45. The first-order chi connectivity index (χ1) is 12.2. The first-order valence-electron chi connectivity index (χ1n) is 7.87. The van der Waals surface area contributed by atoms with E-state index in [4.69, 9.17) is 0 Å². The summed E-state index contributed by atoms with van der Waals surface area (Å²) in [5.74, 6) is 0. The SMILES string of the molecule is O=c1[nH]c2cc(CNCc3ccccc3)ccc2c(=O)c2n[nH]nc12. The molecule has 0 atom stereocenters. The van der Waals surface area contributed by atoms with Crippen LogP contribution in [0.2, 0.25) is 0 Å². The summed E-state index contributed by atoms with van der Waals surface area (Å²) >= 11 is 0. The van der Waals surface area contributed by atoms with Gasteiger partial charge in [0.15, 0.2) is 11.0 Å². The van der Waals surface area contributed by atoms with Gasteiger partial charge in [0.2, 0.25) is 5.43 Å². The lowest BCUT2D eigenvalue weighted by Crippen LogP contribution is -2.12. The molecule has 4 rings (SSSR count). The molecule has 4 aromatic rings. The van der Waals surface area contributed by atoms with Crippen molar-refractivity contribution < 1.29 is 0 Å². The molecule has 0 radical (unpaired) electrons. The number of nitrogens with zero attached hydrogens (tertiary/aromatic N) is 2. The van der Waals surface area contributed by atoms with Crippen molar-refractivity contribution in [2.75, 3.05) is 0 Å². The van der Waals surface area contributed by atoms with Crippen LogP contribution in [-0.4, -0.2) is 20.4 Å². The highest BCUT2D eigenvalue weighted by molar-refractivity contribution is 5.86. The molecule has 0 unspecified atom stereocenters. The van der Waals surface area contributed by atoms with E-state index in [0.29, 0.717) is 17.4 Å². The molecule has 0 spiro atoms. The van der Waals surface area contributed by atoms with Crippen molar-refractivity contribution in [3.63, 3.8) is 0 Å². The van der Waals surface area contributed by atoms with E-state index in [2.05, 4.69) is 37.8 Å². The molecule has 7 nitrogen and oxygen atoms in total. The Hall–Kier alpha value is -3.32. The van der Waals surface area contributed by atoms with Crippen LogP contribution in [0.4, 0.5) is 0 Å². The summed E-state index contributed by atoms with van der Waals surface area (Å²) in [6.45, 7) is 1.36. The molecule has 2 aromatic heterocycles. The molecular weight excluding hydrogens is 318 g/mol. The monoisotopic (exact) mass is 333 g/mol. The standard InChI is InChI=1S/C18H15N5O2/c24-17-13-7-6-12(10-19-9-11-4-2-1-3-5-11)8-14(13)20-18(25)16-15(17)21-23-22-16/h1-8,19H,9-10H2,(H,20,25)(H,21,22,23). The van der Waals surface area contributed by atoms with Gasteiger partial charge in [-0.2, -0.15) is 15.4 Å². The predicted molar refractivity (Wildman–Crippen MR) is 95.3 cm³/mol. The van der Waals surface area contributed by atoms with Gasteiger partial charge in [-0.25, -0.2) is 0 Å². The minimum atomic E-state index is -0.440. The van der Waals surface area contributed by atoms with Crippen molar-refractivity contribution in [2.24, 2.45) is 0 Å². The summed E-state index contributed by atoms with van der Waals surface area (Å²) in [6, 6.07) is 15.5. The molecule has 2 aromatic carbocycles. The summed E-state index contributed by atoms with van der Waals surface area (Å²) < 4.78 is 0. The van der Waals surface area contributed by atoms with Crippen LogP contribution in [0.25, 0.3) is 21.9 Å². The van der Waals surface area contributed by atoms with Crippen molar-refractivity contribution in [1.29, 1.82) is 0 Å². The molecule has 3 N–H and O–H groups in total. The first-order valence-corrected chi connectivity index (χ1v) is 7.87. The van der Waals surface area contributed by atoms with Crippen molar-refractivity contribution in [1.82, 2.24) is 25.7 Å². The van der Waals surface area contributed by atoms with Crippen LogP contribution in [0.1, 0.15) is 11.1 Å². The fraction of sp³-hybridized carbons (Fsp3) is 0.111. The molecule has 0 aliphatic rings. The van der Waals surface area contributed by atoms with Crippen LogP contribution >= 0.6 is 0 Å². The molecule has 124 valence electrons. The molecule has 0 saturated heterocycles. The number of hydrogen-bond donors (Lipinski definition) is 3. The van der Waals surface area contributed by atoms with Crippen molar-refractivity contribution in [2.45, 2.75) is 13.1 Å². The van der Waals surface area contributed by atoms with E-state index in [0.717, 1.165) is 12.1 Å². The van der Waals surface area contributed by atoms with E-state index < -0.39 is 5.56 Å². The normalized spacial score (nSPS) is 11.2. The smallest absolute Gasteiger partial charge is 0.278 e. The van der Waals surface area contributed by atoms with Crippen LogP contribution in [0.5, 0.6) is 0 Å². The highest BCUT2D eigenvalue weighted by Gasteiger charge is 2.10. The zero-order valence-electron chi connectivity index (χ0n) is 13.2. The molecule has 0 amide bonds. The highest BCUT2D eigenvalue weighted by Crippen LogP contribution is 2.11. The molecule has 0 saturated carbocycles. The van der Waals surface area contributed by atoms with Crippen LogP contribution in [0.15, 0.2) is 58.1 Å². The average Bonchev–Trinajstić information content (AvgIpc) is 3.09. The average molecular weight is 333 g/mol. The topological polar surface area (TPSA) is 104 Å². The van der Waals surface area contributed by atoms with Crippen molar-refractivity contribution >= 4 is 21.9 Å². The third-order valence-electron chi connectivity index (χ3n) is 4.06. The zero-order valence-corrected chi connectivity index (χ0v) is 13.2. The van der Waals surface area contributed by atoms with Crippen LogP contribution < -0.4 is 16.3 Å². The van der Waals surface area contributed by atoms with Gasteiger partial charge in [0.25, 0.3) is 5.56 Å². The largest absolute Gasteiger partial charge is 0.320 e. The minimum absolute atomic E-state index is 0.0185. The summed E-state index contributed by atoms with van der Waals surface area (Å²) in [5, 5.41) is 13.6. The van der Waals surface area contributed by atoms with Crippen molar-refractivity contribution in [3.05, 3.63) is 80.2 Å². The van der Waals surface area contributed by atoms with E-state index in [-0.39, 0.29) is 16.5 Å². The zero-order chi connectivity index (χ0) is 17.2. The van der Waals surface area contributed by atoms with Gasteiger partial charge in [0, 0.05) is 18.5 Å². The van der Waals surface area contributed by atoms with Gasteiger partial charge in [-0.05, 0) is 23.3 Å².